The molecule has 1 aliphatic heterocycles. The number of nitrogens with zero attached hydrogens (tertiary/aromatic N) is 1. The Morgan fingerprint density at radius 2 is 2.22 bits per heavy atom. The van der Waals surface area contributed by atoms with Crippen LogP contribution in [-0.2, 0) is 16.0 Å². The molecule has 0 spiro atoms. The van der Waals surface area contributed by atoms with Gasteiger partial charge in [0.05, 0.1) is 12.7 Å². The summed E-state index contributed by atoms with van der Waals surface area (Å²) in [6, 6.07) is 10.4. The Balaban J connectivity index is 1.83. The van der Waals surface area contributed by atoms with Gasteiger partial charge in [0.1, 0.15) is 0 Å². The molecule has 1 aliphatic rings. The number of rotatable bonds is 4. The molecule has 0 N–H and O–H groups in total. The second kappa shape index (κ2) is 6.36. The molecule has 1 heterocycles. The minimum absolute atomic E-state index is 0.00279. The summed E-state index contributed by atoms with van der Waals surface area (Å²) in [5, 5.41) is 0. The quantitative estimate of drug-likeness (QED) is 0.760. The van der Waals surface area contributed by atoms with Crippen molar-refractivity contribution in [2.45, 2.75) is 18.9 Å². The predicted octanol–water partition coefficient (Wildman–Crippen LogP) is 2.03. The summed E-state index contributed by atoms with van der Waals surface area (Å²) in [4.78, 5) is 13.4. The summed E-state index contributed by atoms with van der Waals surface area (Å²) in [5.41, 5.74) is 1.31. The van der Waals surface area contributed by atoms with Crippen LogP contribution in [0, 0.1) is 0 Å². The fraction of sp³-hybridized carbons (Fsp3) is 0.400. The fourth-order valence-corrected chi connectivity index (χ4v) is 2.20. The number of ether oxygens (including phenoxy) is 1. The molecule has 1 unspecified atom stereocenters. The van der Waals surface area contributed by atoms with Crippen molar-refractivity contribution in [3.05, 3.63) is 48.6 Å². The predicted molar refractivity (Wildman–Crippen MR) is 71.3 cm³/mol. The third-order valence-corrected chi connectivity index (χ3v) is 3.22. The van der Waals surface area contributed by atoms with Crippen molar-refractivity contribution in [3.63, 3.8) is 0 Å². The molecule has 3 heteroatoms. The molecule has 1 aromatic rings. The van der Waals surface area contributed by atoms with Crippen LogP contribution in [-0.4, -0.2) is 36.6 Å². The van der Waals surface area contributed by atoms with E-state index in [0.29, 0.717) is 19.7 Å². The van der Waals surface area contributed by atoms with Crippen molar-refractivity contribution in [2.75, 3.05) is 19.7 Å². The lowest BCUT2D eigenvalue weighted by molar-refractivity contribution is -0.133. The van der Waals surface area contributed by atoms with E-state index in [-0.39, 0.29) is 12.0 Å². The molecule has 0 radical (unpaired) electrons. The molecule has 0 aromatic heterocycles. The minimum Gasteiger partial charge on any atom is -0.375 e. The van der Waals surface area contributed by atoms with Crippen LogP contribution in [0.4, 0.5) is 0 Å². The maximum Gasteiger partial charge on any atom is 0.246 e. The van der Waals surface area contributed by atoms with E-state index >= 15 is 0 Å². The van der Waals surface area contributed by atoms with Gasteiger partial charge in [0, 0.05) is 13.1 Å². The van der Waals surface area contributed by atoms with Crippen LogP contribution in [0.1, 0.15) is 12.0 Å². The third kappa shape index (κ3) is 3.44. The number of morpholine rings is 1. The first-order valence-corrected chi connectivity index (χ1v) is 6.36. The van der Waals surface area contributed by atoms with Crippen LogP contribution in [0.3, 0.4) is 0 Å². The summed E-state index contributed by atoms with van der Waals surface area (Å²) in [6.45, 7) is 5.50. The highest BCUT2D eigenvalue weighted by molar-refractivity contribution is 5.87. The van der Waals surface area contributed by atoms with E-state index in [4.69, 9.17) is 4.74 Å². The van der Waals surface area contributed by atoms with Gasteiger partial charge < -0.3 is 9.64 Å². The van der Waals surface area contributed by atoms with E-state index in [1.807, 2.05) is 23.1 Å². The second-order valence-corrected chi connectivity index (χ2v) is 4.51. The number of benzene rings is 1. The van der Waals surface area contributed by atoms with E-state index in [2.05, 4.69) is 18.7 Å². The Bertz CT molecular complexity index is 402. The normalized spacial score (nSPS) is 19.6. The zero-order valence-corrected chi connectivity index (χ0v) is 10.5. The molecule has 0 aliphatic carbocycles. The molecule has 96 valence electrons. The lowest BCUT2D eigenvalue weighted by Gasteiger charge is -2.32. The first kappa shape index (κ1) is 12.8. The van der Waals surface area contributed by atoms with E-state index in [1.165, 1.54) is 11.6 Å². The molecular formula is C15H19NO2. The van der Waals surface area contributed by atoms with Gasteiger partial charge in [-0.15, -0.1) is 0 Å². The van der Waals surface area contributed by atoms with E-state index in [9.17, 15) is 4.79 Å². The van der Waals surface area contributed by atoms with Crippen molar-refractivity contribution in [3.8, 4) is 0 Å². The Kier molecular flexibility index (Phi) is 4.53. The van der Waals surface area contributed by atoms with E-state index < -0.39 is 0 Å². The Labute approximate surface area is 108 Å². The highest BCUT2D eigenvalue weighted by atomic mass is 16.5. The zero-order chi connectivity index (χ0) is 12.8. The molecule has 1 atom stereocenters. The highest BCUT2D eigenvalue weighted by Crippen LogP contribution is 2.12. The molecule has 0 saturated carbocycles. The third-order valence-electron chi connectivity index (χ3n) is 3.22. The molecule has 3 nitrogen and oxygen atoms in total. The van der Waals surface area contributed by atoms with Gasteiger partial charge in [-0.1, -0.05) is 36.9 Å². The van der Waals surface area contributed by atoms with Gasteiger partial charge in [0.2, 0.25) is 5.91 Å². The molecule has 1 saturated heterocycles. The summed E-state index contributed by atoms with van der Waals surface area (Å²) < 4.78 is 5.70. The van der Waals surface area contributed by atoms with Gasteiger partial charge in [-0.25, -0.2) is 0 Å². The van der Waals surface area contributed by atoms with Gasteiger partial charge in [-0.05, 0) is 24.5 Å². The number of hydrogen-bond acceptors (Lipinski definition) is 2. The number of hydrogen-bond donors (Lipinski definition) is 0. The van der Waals surface area contributed by atoms with Gasteiger partial charge in [0.25, 0.3) is 0 Å². The maximum atomic E-state index is 11.5. The Morgan fingerprint density at radius 1 is 1.44 bits per heavy atom. The molecule has 1 fully saturated rings. The average molecular weight is 245 g/mol. The van der Waals surface area contributed by atoms with Crippen molar-refractivity contribution in [1.82, 2.24) is 4.90 Å². The van der Waals surface area contributed by atoms with Gasteiger partial charge in [-0.3, -0.25) is 4.79 Å². The highest BCUT2D eigenvalue weighted by Gasteiger charge is 2.22. The lowest BCUT2D eigenvalue weighted by atomic mass is 10.1. The molecule has 1 amide bonds. The van der Waals surface area contributed by atoms with Crippen molar-refractivity contribution < 1.29 is 9.53 Å². The standard InChI is InChI=1S/C15H19NO2/c1-2-15(17)16-10-11-18-14(12-16)9-8-13-6-4-3-5-7-13/h2-7,14H,1,8-12H2. The summed E-state index contributed by atoms with van der Waals surface area (Å²) >= 11 is 0. The monoisotopic (exact) mass is 245 g/mol. The number of aryl methyl sites for hydroxylation is 1. The van der Waals surface area contributed by atoms with Crippen LogP contribution in [0.5, 0.6) is 0 Å². The van der Waals surface area contributed by atoms with Crippen LogP contribution in [0.25, 0.3) is 0 Å². The summed E-state index contributed by atoms with van der Waals surface area (Å²) in [5.74, 6) is 0.00279. The van der Waals surface area contributed by atoms with Crippen molar-refractivity contribution in [1.29, 1.82) is 0 Å². The summed E-state index contributed by atoms with van der Waals surface area (Å²) in [6.07, 6.45) is 3.45. The first-order valence-electron chi connectivity index (χ1n) is 6.36. The van der Waals surface area contributed by atoms with Crippen LogP contribution in [0.2, 0.25) is 0 Å². The Morgan fingerprint density at radius 3 is 2.94 bits per heavy atom. The SMILES string of the molecule is C=CC(=O)N1CCOC(CCc2ccccc2)C1. The topological polar surface area (TPSA) is 29.5 Å². The first-order chi connectivity index (χ1) is 8.79. The fourth-order valence-electron chi connectivity index (χ4n) is 2.20. The van der Waals surface area contributed by atoms with Crippen molar-refractivity contribution in [2.24, 2.45) is 0 Å². The smallest absolute Gasteiger partial charge is 0.246 e. The van der Waals surface area contributed by atoms with E-state index in [0.717, 1.165) is 12.8 Å². The molecular weight excluding hydrogens is 226 g/mol. The average Bonchev–Trinajstić information content (AvgIpc) is 2.45. The van der Waals surface area contributed by atoms with Crippen LogP contribution >= 0.6 is 0 Å². The molecule has 0 bridgehead atoms. The largest absolute Gasteiger partial charge is 0.375 e. The molecule has 1 aromatic carbocycles. The summed E-state index contributed by atoms with van der Waals surface area (Å²) in [7, 11) is 0. The second-order valence-electron chi connectivity index (χ2n) is 4.51. The van der Waals surface area contributed by atoms with Gasteiger partial charge >= 0.3 is 0 Å². The Hall–Kier alpha value is -1.61. The number of amides is 1. The molecule has 18 heavy (non-hydrogen) atoms. The number of carbonyl (C=O) groups excluding carboxylic acids is 1. The number of carbonyl (C=O) groups is 1. The van der Waals surface area contributed by atoms with Crippen LogP contribution < -0.4 is 0 Å². The minimum atomic E-state index is 0.00279. The maximum absolute atomic E-state index is 11.5. The molecule has 2 rings (SSSR count). The van der Waals surface area contributed by atoms with Crippen molar-refractivity contribution >= 4 is 5.91 Å². The zero-order valence-electron chi connectivity index (χ0n) is 10.5. The van der Waals surface area contributed by atoms with Crippen LogP contribution in [0.15, 0.2) is 43.0 Å². The van der Waals surface area contributed by atoms with E-state index in [1.54, 1.807) is 0 Å². The van der Waals surface area contributed by atoms with Gasteiger partial charge in [-0.2, -0.15) is 0 Å². The van der Waals surface area contributed by atoms with Gasteiger partial charge in [0.15, 0.2) is 0 Å². The lowest BCUT2D eigenvalue weighted by Crippen LogP contribution is -2.45.